The van der Waals surface area contributed by atoms with E-state index in [9.17, 15) is 14.4 Å². The van der Waals surface area contributed by atoms with Gasteiger partial charge in [0.2, 0.25) is 0 Å². The molecule has 9 heteroatoms. The van der Waals surface area contributed by atoms with Gasteiger partial charge in [0.1, 0.15) is 0 Å². The van der Waals surface area contributed by atoms with Crippen molar-refractivity contribution in [3.63, 3.8) is 0 Å². The van der Waals surface area contributed by atoms with Crippen LogP contribution in [0.4, 0.5) is 5.69 Å². The predicted molar refractivity (Wildman–Crippen MR) is 113 cm³/mol. The van der Waals surface area contributed by atoms with Crippen molar-refractivity contribution in [1.82, 2.24) is 10.7 Å². The van der Waals surface area contributed by atoms with E-state index in [1.54, 1.807) is 25.1 Å². The molecule has 0 atom stereocenters. The molecule has 30 heavy (non-hydrogen) atoms. The molecule has 9 nitrogen and oxygen atoms in total. The Balaban J connectivity index is 1.94. The fourth-order valence-electron chi connectivity index (χ4n) is 2.38. The summed E-state index contributed by atoms with van der Waals surface area (Å²) in [6.07, 6.45) is 1.36. The number of likely N-dealkylation sites (N-methyl/N-ethyl adjacent to an activating group) is 1. The molecule has 0 aliphatic rings. The molecule has 0 aliphatic carbocycles. The molecule has 2 rings (SSSR count). The first-order valence-electron chi connectivity index (χ1n) is 9.22. The average Bonchev–Trinajstić information content (AvgIpc) is 2.74. The minimum absolute atomic E-state index is 0.194. The van der Waals surface area contributed by atoms with E-state index < -0.39 is 11.8 Å². The highest BCUT2D eigenvalue weighted by atomic mass is 16.5. The fourth-order valence-corrected chi connectivity index (χ4v) is 2.38. The SMILES string of the molecule is CCNC(=O)C(=O)N/N=C\c1ccc(OCC(=O)Nc2ccccc2C)c(OC)c1. The third-order valence-electron chi connectivity index (χ3n) is 3.89. The number of amides is 3. The molecule has 0 aromatic heterocycles. The third kappa shape index (κ3) is 6.62. The van der Waals surface area contributed by atoms with Crippen molar-refractivity contribution < 1.29 is 23.9 Å². The summed E-state index contributed by atoms with van der Waals surface area (Å²) in [5.41, 5.74) is 4.40. The molecule has 2 aromatic rings. The number of hydrogen-bond acceptors (Lipinski definition) is 6. The van der Waals surface area contributed by atoms with Gasteiger partial charge in [0.05, 0.1) is 13.3 Å². The summed E-state index contributed by atoms with van der Waals surface area (Å²) in [4.78, 5) is 34.9. The Morgan fingerprint density at radius 3 is 2.53 bits per heavy atom. The number of anilines is 1. The Morgan fingerprint density at radius 2 is 1.83 bits per heavy atom. The van der Waals surface area contributed by atoms with Crippen molar-refractivity contribution in [1.29, 1.82) is 0 Å². The first-order valence-corrected chi connectivity index (χ1v) is 9.22. The molecule has 0 unspecified atom stereocenters. The zero-order valence-corrected chi connectivity index (χ0v) is 17.0. The van der Waals surface area contributed by atoms with Gasteiger partial charge in [-0.2, -0.15) is 5.10 Å². The van der Waals surface area contributed by atoms with Crippen molar-refractivity contribution in [3.8, 4) is 11.5 Å². The number of carbonyl (C=O) groups excluding carboxylic acids is 3. The Hall–Kier alpha value is -3.88. The van der Waals surface area contributed by atoms with Gasteiger partial charge in [0.25, 0.3) is 5.91 Å². The Bertz CT molecular complexity index is 943. The summed E-state index contributed by atoms with van der Waals surface area (Å²) < 4.78 is 10.8. The largest absolute Gasteiger partial charge is 0.493 e. The van der Waals surface area contributed by atoms with Gasteiger partial charge in [-0.15, -0.1) is 0 Å². The Morgan fingerprint density at radius 1 is 1.07 bits per heavy atom. The van der Waals surface area contributed by atoms with Crippen molar-refractivity contribution >= 4 is 29.6 Å². The molecule has 0 saturated heterocycles. The van der Waals surface area contributed by atoms with Gasteiger partial charge in [-0.1, -0.05) is 18.2 Å². The van der Waals surface area contributed by atoms with E-state index in [1.165, 1.54) is 13.3 Å². The second kappa shape index (κ2) is 11.2. The number of hydrogen-bond donors (Lipinski definition) is 3. The monoisotopic (exact) mass is 412 g/mol. The minimum atomic E-state index is -0.861. The maximum atomic E-state index is 12.1. The van der Waals surface area contributed by atoms with Crippen LogP contribution in [0.2, 0.25) is 0 Å². The van der Waals surface area contributed by atoms with Crippen LogP contribution < -0.4 is 25.5 Å². The number of nitrogens with one attached hydrogen (secondary N) is 3. The van der Waals surface area contributed by atoms with Gasteiger partial charge in [0, 0.05) is 12.2 Å². The topological polar surface area (TPSA) is 118 Å². The van der Waals surface area contributed by atoms with Crippen molar-refractivity contribution in [2.75, 3.05) is 25.6 Å². The molecule has 3 amide bonds. The molecule has 0 spiro atoms. The number of carbonyl (C=O) groups is 3. The van der Waals surface area contributed by atoms with Gasteiger partial charge in [-0.3, -0.25) is 14.4 Å². The summed E-state index contributed by atoms with van der Waals surface area (Å²) in [6.45, 7) is 3.76. The summed E-state index contributed by atoms with van der Waals surface area (Å²) in [6, 6.07) is 12.3. The summed E-state index contributed by atoms with van der Waals surface area (Å²) in [5, 5.41) is 8.89. The molecular formula is C21H24N4O5. The maximum Gasteiger partial charge on any atom is 0.329 e. The summed E-state index contributed by atoms with van der Waals surface area (Å²) >= 11 is 0. The molecule has 3 N–H and O–H groups in total. The van der Waals surface area contributed by atoms with Gasteiger partial charge in [0.15, 0.2) is 18.1 Å². The number of aryl methyl sites for hydroxylation is 1. The first kappa shape index (κ1) is 22.4. The highest BCUT2D eigenvalue weighted by Crippen LogP contribution is 2.27. The number of benzene rings is 2. The quantitative estimate of drug-likeness (QED) is 0.346. The van der Waals surface area contributed by atoms with Gasteiger partial charge in [-0.05, 0) is 49.2 Å². The lowest BCUT2D eigenvalue weighted by Crippen LogP contribution is -2.37. The molecular weight excluding hydrogens is 388 g/mol. The first-order chi connectivity index (χ1) is 14.4. The van der Waals surface area contributed by atoms with E-state index in [2.05, 4.69) is 21.2 Å². The van der Waals surface area contributed by atoms with Gasteiger partial charge >= 0.3 is 11.8 Å². The zero-order chi connectivity index (χ0) is 21.9. The normalized spacial score (nSPS) is 10.4. The predicted octanol–water partition coefficient (Wildman–Crippen LogP) is 1.61. The second-order valence-corrected chi connectivity index (χ2v) is 6.12. The average molecular weight is 412 g/mol. The smallest absolute Gasteiger partial charge is 0.329 e. The van der Waals surface area contributed by atoms with Crippen LogP contribution in [0.1, 0.15) is 18.1 Å². The van der Waals surface area contributed by atoms with Gasteiger partial charge in [-0.25, -0.2) is 5.43 Å². The van der Waals surface area contributed by atoms with E-state index in [0.717, 1.165) is 11.3 Å². The fraction of sp³-hybridized carbons (Fsp3) is 0.238. The lowest BCUT2D eigenvalue weighted by molar-refractivity contribution is -0.139. The van der Waals surface area contributed by atoms with E-state index in [1.807, 2.05) is 31.2 Å². The summed E-state index contributed by atoms with van der Waals surface area (Å²) in [7, 11) is 1.47. The third-order valence-corrected chi connectivity index (χ3v) is 3.89. The second-order valence-electron chi connectivity index (χ2n) is 6.12. The summed E-state index contributed by atoms with van der Waals surface area (Å²) in [5.74, 6) is -1.16. The van der Waals surface area contributed by atoms with E-state index in [-0.39, 0.29) is 12.5 Å². The van der Waals surface area contributed by atoms with Crippen LogP contribution in [0.25, 0.3) is 0 Å². The van der Waals surface area contributed by atoms with Crippen LogP contribution in [0.5, 0.6) is 11.5 Å². The van der Waals surface area contributed by atoms with Crippen LogP contribution in [0.15, 0.2) is 47.6 Å². The zero-order valence-electron chi connectivity index (χ0n) is 17.0. The standard InChI is InChI=1S/C21H24N4O5/c1-4-22-20(27)21(28)25-23-12-15-9-10-17(18(11-15)29-3)30-13-19(26)24-16-8-6-5-7-14(16)2/h5-12H,4,13H2,1-3H3,(H,22,27)(H,24,26)(H,25,28)/b23-12-. The lowest BCUT2D eigenvalue weighted by Gasteiger charge is -2.12. The van der Waals surface area contributed by atoms with E-state index in [4.69, 9.17) is 9.47 Å². The molecule has 0 bridgehead atoms. The van der Waals surface area contributed by atoms with Crippen LogP contribution >= 0.6 is 0 Å². The van der Waals surface area contributed by atoms with Crippen LogP contribution in [0, 0.1) is 6.92 Å². The van der Waals surface area contributed by atoms with E-state index >= 15 is 0 Å². The minimum Gasteiger partial charge on any atom is -0.493 e. The lowest BCUT2D eigenvalue weighted by atomic mass is 10.2. The van der Waals surface area contributed by atoms with Crippen LogP contribution in [-0.2, 0) is 14.4 Å². The number of rotatable bonds is 8. The molecule has 0 aliphatic heterocycles. The van der Waals surface area contributed by atoms with Gasteiger partial charge < -0.3 is 20.1 Å². The highest BCUT2D eigenvalue weighted by molar-refractivity contribution is 6.35. The van der Waals surface area contributed by atoms with Crippen LogP contribution in [0.3, 0.4) is 0 Å². The molecule has 0 saturated carbocycles. The van der Waals surface area contributed by atoms with Crippen molar-refractivity contribution in [3.05, 3.63) is 53.6 Å². The van der Waals surface area contributed by atoms with Crippen molar-refractivity contribution in [2.24, 2.45) is 5.10 Å². The Kier molecular flexibility index (Phi) is 8.37. The number of para-hydroxylation sites is 1. The highest BCUT2D eigenvalue weighted by Gasteiger charge is 2.11. The number of methoxy groups -OCH3 is 1. The van der Waals surface area contributed by atoms with Crippen LogP contribution in [-0.4, -0.2) is 44.2 Å². The molecule has 2 aromatic carbocycles. The number of nitrogens with zero attached hydrogens (tertiary/aromatic N) is 1. The molecule has 0 fully saturated rings. The number of ether oxygens (including phenoxy) is 2. The molecule has 0 heterocycles. The van der Waals surface area contributed by atoms with Crippen molar-refractivity contribution in [2.45, 2.75) is 13.8 Å². The number of hydrazone groups is 1. The maximum absolute atomic E-state index is 12.1. The Labute approximate surface area is 174 Å². The van der Waals surface area contributed by atoms with E-state index in [0.29, 0.717) is 23.6 Å². The molecule has 158 valence electrons. The molecule has 0 radical (unpaired) electrons.